The van der Waals surface area contributed by atoms with Crippen LogP contribution >= 0.6 is 46.6 Å². The number of halogens is 4. The Hall–Kier alpha value is -1.80. The Morgan fingerprint density at radius 3 is 2.63 bits per heavy atom. The summed E-state index contributed by atoms with van der Waals surface area (Å²) < 4.78 is 15.8. The molecular formula is C20H18Cl3FN4OS. The summed E-state index contributed by atoms with van der Waals surface area (Å²) in [6, 6.07) is 9.26. The lowest BCUT2D eigenvalue weighted by molar-refractivity contribution is 0.0946. The fourth-order valence-corrected chi connectivity index (χ4v) is 4.26. The molecule has 1 heterocycles. The average molecular weight is 488 g/mol. The molecule has 2 aromatic carbocycles. The van der Waals surface area contributed by atoms with E-state index in [4.69, 9.17) is 34.8 Å². The molecule has 1 aromatic heterocycles. The van der Waals surface area contributed by atoms with E-state index in [2.05, 4.69) is 22.4 Å². The van der Waals surface area contributed by atoms with E-state index in [9.17, 15) is 9.18 Å². The molecule has 0 atom stereocenters. The fourth-order valence-electron chi connectivity index (χ4n) is 2.66. The number of amides is 1. The number of nitrogens with zero attached hydrogens (tertiary/aromatic N) is 3. The number of rotatable bonds is 8. The van der Waals surface area contributed by atoms with Gasteiger partial charge in [0.2, 0.25) is 0 Å². The van der Waals surface area contributed by atoms with Crippen molar-refractivity contribution in [2.24, 2.45) is 0 Å². The number of thioether (sulfide) groups is 1. The maximum absolute atomic E-state index is 14.0. The van der Waals surface area contributed by atoms with Crippen LogP contribution in [0.5, 0.6) is 0 Å². The summed E-state index contributed by atoms with van der Waals surface area (Å²) in [6.45, 7) is 2.13. The lowest BCUT2D eigenvalue weighted by Crippen LogP contribution is -2.26. The molecule has 5 nitrogen and oxygen atoms in total. The van der Waals surface area contributed by atoms with Gasteiger partial charge in [-0.25, -0.2) is 4.39 Å². The summed E-state index contributed by atoms with van der Waals surface area (Å²) >= 11 is 19.8. The summed E-state index contributed by atoms with van der Waals surface area (Å²) in [4.78, 5) is 12.5. The van der Waals surface area contributed by atoms with E-state index < -0.39 is 11.7 Å². The minimum atomic E-state index is -0.693. The zero-order valence-corrected chi connectivity index (χ0v) is 19.0. The minimum Gasteiger partial charge on any atom is -0.345 e. The van der Waals surface area contributed by atoms with Crippen LogP contribution in [-0.2, 0) is 6.54 Å². The van der Waals surface area contributed by atoms with Gasteiger partial charge in [0.15, 0.2) is 11.0 Å². The molecule has 10 heteroatoms. The van der Waals surface area contributed by atoms with Gasteiger partial charge < -0.3 is 5.32 Å². The van der Waals surface area contributed by atoms with Crippen molar-refractivity contribution in [1.29, 1.82) is 0 Å². The number of carbonyl (C=O) groups is 1. The van der Waals surface area contributed by atoms with Crippen LogP contribution in [0.4, 0.5) is 4.39 Å². The van der Waals surface area contributed by atoms with Crippen molar-refractivity contribution in [3.05, 3.63) is 68.7 Å². The first-order valence-corrected chi connectivity index (χ1v) is 11.3. The first-order chi connectivity index (χ1) is 14.4. The summed E-state index contributed by atoms with van der Waals surface area (Å²) in [6.07, 6.45) is 2.08. The quantitative estimate of drug-likeness (QED) is 0.304. The van der Waals surface area contributed by atoms with Crippen molar-refractivity contribution in [2.45, 2.75) is 31.5 Å². The van der Waals surface area contributed by atoms with Gasteiger partial charge in [-0.2, -0.15) is 0 Å². The second kappa shape index (κ2) is 10.5. The van der Waals surface area contributed by atoms with Crippen LogP contribution in [0.3, 0.4) is 0 Å². The zero-order chi connectivity index (χ0) is 21.7. The number of nitrogens with one attached hydrogen (secondary N) is 1. The molecule has 0 saturated carbocycles. The molecule has 0 bridgehead atoms. The van der Waals surface area contributed by atoms with E-state index in [1.807, 2.05) is 0 Å². The second-order valence-electron chi connectivity index (χ2n) is 6.31. The third-order valence-corrected chi connectivity index (χ3v) is 6.26. The molecular weight excluding hydrogens is 470 g/mol. The third-order valence-electron chi connectivity index (χ3n) is 4.19. The van der Waals surface area contributed by atoms with Crippen LogP contribution in [0, 0.1) is 5.82 Å². The molecule has 0 aliphatic heterocycles. The van der Waals surface area contributed by atoms with E-state index in [0.29, 0.717) is 26.7 Å². The van der Waals surface area contributed by atoms with Gasteiger partial charge in [-0.3, -0.25) is 9.36 Å². The van der Waals surface area contributed by atoms with Gasteiger partial charge >= 0.3 is 0 Å². The van der Waals surface area contributed by atoms with Crippen LogP contribution < -0.4 is 5.32 Å². The van der Waals surface area contributed by atoms with Gasteiger partial charge in [0.05, 0.1) is 32.9 Å². The fraction of sp³-hybridized carbons (Fsp3) is 0.250. The lowest BCUT2D eigenvalue weighted by atomic mass is 10.2. The van der Waals surface area contributed by atoms with Crippen molar-refractivity contribution >= 4 is 52.5 Å². The van der Waals surface area contributed by atoms with Crippen molar-refractivity contribution in [3.8, 4) is 5.69 Å². The maximum Gasteiger partial charge on any atom is 0.256 e. The lowest BCUT2D eigenvalue weighted by Gasteiger charge is -2.12. The smallest absolute Gasteiger partial charge is 0.256 e. The molecule has 0 radical (unpaired) electrons. The SMILES string of the molecule is CCCCSc1nnc(CNC(=O)c2c(F)cccc2Cl)n1-c1ccc(Cl)c(Cl)c1. The summed E-state index contributed by atoms with van der Waals surface area (Å²) in [5.41, 5.74) is 0.499. The predicted octanol–water partition coefficient (Wildman–Crippen LogP) is 6.19. The molecule has 0 aliphatic rings. The molecule has 158 valence electrons. The number of hydrogen-bond donors (Lipinski definition) is 1. The Balaban J connectivity index is 1.88. The minimum absolute atomic E-state index is 0.0189. The summed E-state index contributed by atoms with van der Waals surface area (Å²) in [5, 5.41) is 12.6. The van der Waals surface area contributed by atoms with Crippen LogP contribution in [-0.4, -0.2) is 26.4 Å². The molecule has 0 spiro atoms. The molecule has 0 fully saturated rings. The number of aromatic nitrogens is 3. The predicted molar refractivity (Wildman–Crippen MR) is 120 cm³/mol. The van der Waals surface area contributed by atoms with Crippen LogP contribution in [0.1, 0.15) is 35.9 Å². The van der Waals surface area contributed by atoms with Gasteiger partial charge in [0, 0.05) is 5.75 Å². The van der Waals surface area contributed by atoms with E-state index in [0.717, 1.165) is 18.6 Å². The van der Waals surface area contributed by atoms with Crippen molar-refractivity contribution < 1.29 is 9.18 Å². The largest absolute Gasteiger partial charge is 0.345 e. The van der Waals surface area contributed by atoms with Crippen molar-refractivity contribution in [3.63, 3.8) is 0 Å². The molecule has 1 amide bonds. The Labute approximate surface area is 192 Å². The highest BCUT2D eigenvalue weighted by atomic mass is 35.5. The summed E-state index contributed by atoms with van der Waals surface area (Å²) in [7, 11) is 0. The van der Waals surface area contributed by atoms with Gasteiger partial charge in [0.25, 0.3) is 5.91 Å². The Kier molecular flexibility index (Phi) is 7.99. The molecule has 3 aromatic rings. The standard InChI is InChI=1S/C20H18Cl3FN4OS/c1-2-3-9-30-20-27-26-17(28(20)12-7-8-13(21)15(23)10-12)11-25-19(29)18-14(22)5-4-6-16(18)24/h4-8,10H,2-3,9,11H2,1H3,(H,25,29). The average Bonchev–Trinajstić information content (AvgIpc) is 3.11. The third kappa shape index (κ3) is 5.27. The van der Waals surface area contributed by atoms with Crippen LogP contribution in [0.25, 0.3) is 5.69 Å². The van der Waals surface area contributed by atoms with Crippen LogP contribution in [0.15, 0.2) is 41.6 Å². The molecule has 3 rings (SSSR count). The van der Waals surface area contributed by atoms with E-state index >= 15 is 0 Å². The number of hydrogen-bond acceptors (Lipinski definition) is 4. The van der Waals surface area contributed by atoms with Gasteiger partial charge in [-0.15, -0.1) is 10.2 Å². The highest BCUT2D eigenvalue weighted by molar-refractivity contribution is 7.99. The van der Waals surface area contributed by atoms with Crippen molar-refractivity contribution in [2.75, 3.05) is 5.75 Å². The number of carbonyl (C=O) groups excluding carboxylic acids is 1. The Morgan fingerprint density at radius 1 is 1.13 bits per heavy atom. The second-order valence-corrected chi connectivity index (χ2v) is 8.60. The van der Waals surface area contributed by atoms with Crippen molar-refractivity contribution in [1.82, 2.24) is 20.1 Å². The molecule has 0 saturated heterocycles. The normalized spacial score (nSPS) is 11.0. The Bertz CT molecular complexity index is 1040. The highest BCUT2D eigenvalue weighted by Gasteiger charge is 2.19. The van der Waals surface area contributed by atoms with Gasteiger partial charge in [-0.05, 0) is 36.8 Å². The topological polar surface area (TPSA) is 59.8 Å². The van der Waals surface area contributed by atoms with Gasteiger partial charge in [0.1, 0.15) is 5.82 Å². The molecule has 0 aliphatic carbocycles. The van der Waals surface area contributed by atoms with Gasteiger partial charge in [-0.1, -0.05) is 66.0 Å². The highest BCUT2D eigenvalue weighted by Crippen LogP contribution is 2.28. The first-order valence-electron chi connectivity index (χ1n) is 9.17. The van der Waals surface area contributed by atoms with E-state index in [-0.39, 0.29) is 17.1 Å². The van der Waals surface area contributed by atoms with Crippen LogP contribution in [0.2, 0.25) is 15.1 Å². The first kappa shape index (κ1) is 22.9. The molecule has 1 N–H and O–H groups in total. The van der Waals surface area contributed by atoms with E-state index in [1.165, 1.54) is 18.2 Å². The molecule has 30 heavy (non-hydrogen) atoms. The zero-order valence-electron chi connectivity index (χ0n) is 16.0. The summed E-state index contributed by atoms with van der Waals surface area (Å²) in [5.74, 6) is 0.00425. The number of benzene rings is 2. The monoisotopic (exact) mass is 486 g/mol. The van der Waals surface area contributed by atoms with E-state index in [1.54, 1.807) is 34.5 Å². The Morgan fingerprint density at radius 2 is 1.93 bits per heavy atom. The molecule has 0 unspecified atom stereocenters. The number of unbranched alkanes of at least 4 members (excludes halogenated alkanes) is 1. The maximum atomic E-state index is 14.0.